The Morgan fingerprint density at radius 1 is 1.42 bits per heavy atom. The summed E-state index contributed by atoms with van der Waals surface area (Å²) in [6.07, 6.45) is 2.72. The van der Waals surface area contributed by atoms with Gasteiger partial charge in [-0.3, -0.25) is 0 Å². The van der Waals surface area contributed by atoms with E-state index in [1.54, 1.807) is 0 Å². The fourth-order valence-corrected chi connectivity index (χ4v) is 1.95. The first-order valence-corrected chi connectivity index (χ1v) is 4.61. The van der Waals surface area contributed by atoms with Crippen LogP contribution in [0.5, 0.6) is 0 Å². The van der Waals surface area contributed by atoms with Crippen molar-refractivity contribution in [3.05, 3.63) is 34.3 Å². The van der Waals surface area contributed by atoms with Gasteiger partial charge >= 0.3 is 0 Å². The van der Waals surface area contributed by atoms with Gasteiger partial charge in [0.2, 0.25) is 0 Å². The Balaban J connectivity index is 2.46. The number of benzene rings is 1. The normalized spacial score (nSPS) is 22.0. The molecule has 1 aliphatic carbocycles. The monoisotopic (exact) mass is 182 g/mol. The third-order valence-corrected chi connectivity index (χ3v) is 2.62. The molecule has 64 valence electrons. The molecule has 1 atom stereocenters. The molecule has 0 saturated carbocycles. The molecule has 0 radical (unpaired) electrons. The Bertz CT molecular complexity index is 296. The van der Waals surface area contributed by atoms with Crippen molar-refractivity contribution in [2.45, 2.75) is 25.4 Å². The maximum absolute atomic E-state index is 9.61. The van der Waals surface area contributed by atoms with E-state index in [-0.39, 0.29) is 6.10 Å². The first kappa shape index (κ1) is 8.09. The second-order valence-electron chi connectivity index (χ2n) is 3.25. The highest BCUT2D eigenvalue weighted by atomic mass is 35.5. The maximum atomic E-state index is 9.61. The highest BCUT2D eigenvalue weighted by molar-refractivity contribution is 6.30. The Labute approximate surface area is 77.0 Å². The van der Waals surface area contributed by atoms with Gasteiger partial charge in [-0.05, 0) is 42.5 Å². The minimum atomic E-state index is -0.272. The molecule has 0 saturated heterocycles. The van der Waals surface area contributed by atoms with Crippen molar-refractivity contribution in [3.63, 3.8) is 0 Å². The average molecular weight is 183 g/mol. The molecule has 2 heteroatoms. The SMILES string of the molecule is O[C@@H]1CCCc2cc(Cl)ccc21. The highest BCUT2D eigenvalue weighted by Gasteiger charge is 2.17. The summed E-state index contributed by atoms with van der Waals surface area (Å²) < 4.78 is 0. The lowest BCUT2D eigenvalue weighted by Crippen LogP contribution is -2.08. The van der Waals surface area contributed by atoms with Crippen LogP contribution in [0.3, 0.4) is 0 Å². The largest absolute Gasteiger partial charge is 0.388 e. The maximum Gasteiger partial charge on any atom is 0.0792 e. The summed E-state index contributed by atoms with van der Waals surface area (Å²) in [7, 11) is 0. The predicted molar refractivity (Wildman–Crippen MR) is 49.3 cm³/mol. The zero-order chi connectivity index (χ0) is 8.55. The second kappa shape index (κ2) is 3.08. The average Bonchev–Trinajstić information content (AvgIpc) is 2.04. The summed E-state index contributed by atoms with van der Waals surface area (Å²) >= 11 is 5.84. The van der Waals surface area contributed by atoms with Crippen LogP contribution >= 0.6 is 11.6 Å². The van der Waals surface area contributed by atoms with Gasteiger partial charge in [-0.1, -0.05) is 17.7 Å². The fraction of sp³-hybridized carbons (Fsp3) is 0.400. The van der Waals surface area contributed by atoms with Crippen LogP contribution in [0, 0.1) is 0 Å². The van der Waals surface area contributed by atoms with E-state index in [1.165, 1.54) is 5.56 Å². The lowest BCUT2D eigenvalue weighted by Gasteiger charge is -2.20. The van der Waals surface area contributed by atoms with Crippen LogP contribution in [0.25, 0.3) is 0 Å². The van der Waals surface area contributed by atoms with Crippen molar-refractivity contribution in [2.75, 3.05) is 0 Å². The summed E-state index contributed by atoms with van der Waals surface area (Å²) in [5.41, 5.74) is 2.27. The molecule has 2 rings (SSSR count). The number of rotatable bonds is 0. The predicted octanol–water partition coefficient (Wildman–Crippen LogP) is 2.71. The number of fused-ring (bicyclic) bond motifs is 1. The Kier molecular flexibility index (Phi) is 2.07. The van der Waals surface area contributed by atoms with Crippen molar-refractivity contribution >= 4 is 11.6 Å². The van der Waals surface area contributed by atoms with Gasteiger partial charge in [-0.15, -0.1) is 0 Å². The third-order valence-electron chi connectivity index (χ3n) is 2.39. The summed E-state index contributed by atoms with van der Waals surface area (Å²) in [4.78, 5) is 0. The molecule has 0 amide bonds. The van der Waals surface area contributed by atoms with E-state index in [2.05, 4.69) is 0 Å². The van der Waals surface area contributed by atoms with E-state index in [1.807, 2.05) is 18.2 Å². The topological polar surface area (TPSA) is 20.2 Å². The molecule has 12 heavy (non-hydrogen) atoms. The molecule has 0 spiro atoms. The van der Waals surface area contributed by atoms with Crippen LogP contribution in [-0.4, -0.2) is 5.11 Å². The molecule has 0 aromatic heterocycles. The van der Waals surface area contributed by atoms with Crippen molar-refractivity contribution in [1.29, 1.82) is 0 Å². The lowest BCUT2D eigenvalue weighted by molar-refractivity contribution is 0.156. The quantitative estimate of drug-likeness (QED) is 0.654. The van der Waals surface area contributed by atoms with Crippen LogP contribution in [-0.2, 0) is 6.42 Å². The standard InChI is InChI=1S/C10H11ClO/c11-8-4-5-9-7(6-8)2-1-3-10(9)12/h4-6,10,12H,1-3H2/t10-/m1/s1. The molecular formula is C10H11ClO. The fourth-order valence-electron chi connectivity index (χ4n) is 1.76. The lowest BCUT2D eigenvalue weighted by atomic mass is 9.90. The first-order valence-electron chi connectivity index (χ1n) is 4.24. The molecule has 0 fully saturated rings. The van der Waals surface area contributed by atoms with Gasteiger partial charge in [0.25, 0.3) is 0 Å². The number of aliphatic hydroxyl groups excluding tert-OH is 1. The van der Waals surface area contributed by atoms with Gasteiger partial charge in [-0.25, -0.2) is 0 Å². The van der Waals surface area contributed by atoms with E-state index in [0.717, 1.165) is 29.8 Å². The summed E-state index contributed by atoms with van der Waals surface area (Å²) in [5, 5.41) is 10.4. The molecule has 1 aromatic rings. The Hall–Kier alpha value is -0.530. The van der Waals surface area contributed by atoms with Crippen molar-refractivity contribution in [1.82, 2.24) is 0 Å². The van der Waals surface area contributed by atoms with Crippen molar-refractivity contribution < 1.29 is 5.11 Å². The highest BCUT2D eigenvalue weighted by Crippen LogP contribution is 2.30. The van der Waals surface area contributed by atoms with E-state index < -0.39 is 0 Å². The Morgan fingerprint density at radius 2 is 2.25 bits per heavy atom. The molecule has 1 aromatic carbocycles. The van der Waals surface area contributed by atoms with Gasteiger partial charge in [0.05, 0.1) is 6.10 Å². The zero-order valence-electron chi connectivity index (χ0n) is 6.76. The molecule has 0 bridgehead atoms. The summed E-state index contributed by atoms with van der Waals surface area (Å²) in [6, 6.07) is 5.73. The van der Waals surface area contributed by atoms with Crippen LogP contribution < -0.4 is 0 Å². The van der Waals surface area contributed by atoms with Crippen molar-refractivity contribution in [2.24, 2.45) is 0 Å². The van der Waals surface area contributed by atoms with Crippen LogP contribution in [0.4, 0.5) is 0 Å². The summed E-state index contributed by atoms with van der Waals surface area (Å²) in [6.45, 7) is 0. The second-order valence-corrected chi connectivity index (χ2v) is 3.69. The minimum absolute atomic E-state index is 0.272. The first-order chi connectivity index (χ1) is 5.77. The van der Waals surface area contributed by atoms with E-state index in [9.17, 15) is 5.11 Å². The zero-order valence-corrected chi connectivity index (χ0v) is 7.51. The molecule has 1 N–H and O–H groups in total. The Morgan fingerprint density at radius 3 is 3.08 bits per heavy atom. The van der Waals surface area contributed by atoms with E-state index in [4.69, 9.17) is 11.6 Å². The van der Waals surface area contributed by atoms with Crippen LogP contribution in [0.1, 0.15) is 30.1 Å². The molecular weight excluding hydrogens is 172 g/mol. The number of aryl methyl sites for hydroxylation is 1. The minimum Gasteiger partial charge on any atom is -0.388 e. The molecule has 1 aliphatic rings. The molecule has 0 heterocycles. The molecule has 1 nitrogen and oxygen atoms in total. The van der Waals surface area contributed by atoms with Crippen LogP contribution in [0.2, 0.25) is 5.02 Å². The summed E-state index contributed by atoms with van der Waals surface area (Å²) in [5.74, 6) is 0. The number of halogens is 1. The number of hydrogen-bond donors (Lipinski definition) is 1. The van der Waals surface area contributed by atoms with Gasteiger partial charge in [-0.2, -0.15) is 0 Å². The number of aliphatic hydroxyl groups is 1. The van der Waals surface area contributed by atoms with Crippen molar-refractivity contribution in [3.8, 4) is 0 Å². The van der Waals surface area contributed by atoms with Gasteiger partial charge < -0.3 is 5.11 Å². The van der Waals surface area contributed by atoms with E-state index >= 15 is 0 Å². The van der Waals surface area contributed by atoms with Gasteiger partial charge in [0.1, 0.15) is 0 Å². The van der Waals surface area contributed by atoms with Crippen LogP contribution in [0.15, 0.2) is 18.2 Å². The third kappa shape index (κ3) is 1.35. The van der Waals surface area contributed by atoms with Gasteiger partial charge in [0, 0.05) is 5.02 Å². The molecule has 0 aliphatic heterocycles. The number of hydrogen-bond acceptors (Lipinski definition) is 1. The van der Waals surface area contributed by atoms with Gasteiger partial charge in [0.15, 0.2) is 0 Å². The molecule has 0 unspecified atom stereocenters. The smallest absolute Gasteiger partial charge is 0.0792 e. The van der Waals surface area contributed by atoms with E-state index in [0.29, 0.717) is 0 Å².